The van der Waals surface area contributed by atoms with Crippen LogP contribution in [0.15, 0.2) is 84.0 Å². The maximum Gasteiger partial charge on any atom is 0.416 e. The monoisotopic (exact) mass is 451 g/mol. The molecule has 3 aromatic heterocycles. The molecule has 0 bridgehead atoms. The summed E-state index contributed by atoms with van der Waals surface area (Å²) in [6.07, 6.45) is -0.0796. The van der Waals surface area contributed by atoms with Gasteiger partial charge in [-0.05, 0) is 54.6 Å². The highest BCUT2D eigenvalue weighted by Gasteiger charge is 2.30. The molecule has 0 unspecified atom stereocenters. The number of hydrogen-bond acceptors (Lipinski definition) is 4. The van der Waals surface area contributed by atoms with E-state index in [1.165, 1.54) is 58.2 Å². The molecule has 3 heterocycles. The molecule has 0 atom stereocenters. The van der Waals surface area contributed by atoms with Crippen LogP contribution in [0.1, 0.15) is 5.56 Å². The number of benzene rings is 2. The van der Waals surface area contributed by atoms with E-state index < -0.39 is 23.0 Å². The SMILES string of the molecule is O=c1ccn(-c2ccc(C(F)(F)F)cc2)nc1-c1ccnn1-c1ccnc2ccc(F)cc12. The molecular weight excluding hydrogens is 438 g/mol. The molecular formula is C23H13F4N5O. The maximum absolute atomic E-state index is 13.9. The van der Waals surface area contributed by atoms with E-state index in [1.54, 1.807) is 18.3 Å². The summed E-state index contributed by atoms with van der Waals surface area (Å²) >= 11 is 0. The van der Waals surface area contributed by atoms with E-state index in [0.717, 1.165) is 12.1 Å². The lowest BCUT2D eigenvalue weighted by Gasteiger charge is -2.12. The lowest BCUT2D eigenvalue weighted by atomic mass is 10.1. The Bertz CT molecular complexity index is 1540. The normalized spacial score (nSPS) is 11.8. The van der Waals surface area contributed by atoms with Gasteiger partial charge in [0.25, 0.3) is 0 Å². The van der Waals surface area contributed by atoms with Crippen molar-refractivity contribution in [3.8, 4) is 22.8 Å². The van der Waals surface area contributed by atoms with Gasteiger partial charge in [-0.2, -0.15) is 23.4 Å². The Kier molecular flexibility index (Phi) is 4.77. The molecule has 2 aromatic carbocycles. The first-order valence-electron chi connectivity index (χ1n) is 9.68. The standard InChI is InChI=1S/C23H13F4N5O/c24-15-3-6-18-17(13-15)19(7-10-28-18)32-20(8-11-29-32)22-21(33)9-12-31(30-22)16-4-1-14(2-5-16)23(25,26)27/h1-13H. The van der Waals surface area contributed by atoms with Crippen LogP contribution in [-0.2, 0) is 6.18 Å². The molecule has 0 aliphatic heterocycles. The fourth-order valence-electron chi connectivity index (χ4n) is 3.50. The fourth-order valence-corrected chi connectivity index (χ4v) is 3.50. The number of nitrogens with zero attached hydrogens (tertiary/aromatic N) is 5. The minimum atomic E-state index is -4.46. The van der Waals surface area contributed by atoms with Crippen LogP contribution in [0.3, 0.4) is 0 Å². The van der Waals surface area contributed by atoms with Crippen LogP contribution in [0.5, 0.6) is 0 Å². The number of aromatic nitrogens is 5. The van der Waals surface area contributed by atoms with E-state index in [2.05, 4.69) is 15.2 Å². The molecule has 5 rings (SSSR count). The molecule has 164 valence electrons. The molecule has 0 aliphatic rings. The van der Waals surface area contributed by atoms with Crippen molar-refractivity contribution < 1.29 is 17.6 Å². The van der Waals surface area contributed by atoms with Gasteiger partial charge in [-0.3, -0.25) is 9.78 Å². The van der Waals surface area contributed by atoms with Crippen molar-refractivity contribution in [3.05, 3.63) is 101 Å². The van der Waals surface area contributed by atoms with E-state index >= 15 is 0 Å². The lowest BCUT2D eigenvalue weighted by molar-refractivity contribution is -0.137. The van der Waals surface area contributed by atoms with Crippen LogP contribution in [-0.4, -0.2) is 24.5 Å². The summed E-state index contributed by atoms with van der Waals surface area (Å²) in [5.74, 6) is -0.451. The van der Waals surface area contributed by atoms with Crippen LogP contribution < -0.4 is 5.43 Å². The summed E-state index contributed by atoms with van der Waals surface area (Å²) < 4.78 is 55.2. The predicted octanol–water partition coefficient (Wildman–Crippen LogP) is 4.79. The summed E-state index contributed by atoms with van der Waals surface area (Å²) in [4.78, 5) is 16.9. The largest absolute Gasteiger partial charge is 0.416 e. The molecule has 0 fully saturated rings. The summed E-state index contributed by atoms with van der Waals surface area (Å²) in [6.45, 7) is 0. The van der Waals surface area contributed by atoms with E-state index in [-0.39, 0.29) is 5.69 Å². The van der Waals surface area contributed by atoms with Crippen molar-refractivity contribution >= 4 is 10.9 Å². The minimum Gasteiger partial charge on any atom is -0.287 e. The molecule has 6 nitrogen and oxygen atoms in total. The van der Waals surface area contributed by atoms with Gasteiger partial charge in [0.1, 0.15) is 5.82 Å². The molecule has 0 radical (unpaired) electrons. The van der Waals surface area contributed by atoms with E-state index in [1.807, 2.05) is 0 Å². The molecule has 0 saturated carbocycles. The van der Waals surface area contributed by atoms with Gasteiger partial charge >= 0.3 is 6.18 Å². The first kappa shape index (κ1) is 20.6. The van der Waals surface area contributed by atoms with Gasteiger partial charge in [-0.25, -0.2) is 13.8 Å². The third-order valence-corrected chi connectivity index (χ3v) is 5.06. The fraction of sp³-hybridized carbons (Fsp3) is 0.0435. The number of rotatable bonds is 3. The Morgan fingerprint density at radius 1 is 0.879 bits per heavy atom. The summed E-state index contributed by atoms with van der Waals surface area (Å²) in [5.41, 5.74) is 0.525. The Morgan fingerprint density at radius 2 is 1.67 bits per heavy atom. The summed E-state index contributed by atoms with van der Waals surface area (Å²) in [6, 6.07) is 13.0. The molecule has 0 amide bonds. The molecule has 0 aliphatic carbocycles. The van der Waals surface area contributed by atoms with Gasteiger partial charge in [0, 0.05) is 23.8 Å². The number of alkyl halides is 3. The van der Waals surface area contributed by atoms with Crippen molar-refractivity contribution in [1.29, 1.82) is 0 Å². The molecule has 5 aromatic rings. The van der Waals surface area contributed by atoms with Gasteiger partial charge in [0.15, 0.2) is 5.69 Å². The number of fused-ring (bicyclic) bond motifs is 1. The van der Waals surface area contributed by atoms with Crippen molar-refractivity contribution in [2.45, 2.75) is 6.18 Å². The van der Waals surface area contributed by atoms with E-state index in [0.29, 0.717) is 28.0 Å². The zero-order valence-corrected chi connectivity index (χ0v) is 16.7. The summed E-state index contributed by atoms with van der Waals surface area (Å²) in [7, 11) is 0. The summed E-state index contributed by atoms with van der Waals surface area (Å²) in [5, 5.41) is 9.10. The zero-order chi connectivity index (χ0) is 23.2. The highest BCUT2D eigenvalue weighted by atomic mass is 19.4. The van der Waals surface area contributed by atoms with Gasteiger partial charge in [-0.15, -0.1) is 0 Å². The van der Waals surface area contributed by atoms with Crippen LogP contribution in [0.2, 0.25) is 0 Å². The highest BCUT2D eigenvalue weighted by molar-refractivity contribution is 5.87. The van der Waals surface area contributed by atoms with Crippen LogP contribution in [0.4, 0.5) is 17.6 Å². The van der Waals surface area contributed by atoms with E-state index in [4.69, 9.17) is 0 Å². The lowest BCUT2D eigenvalue weighted by Crippen LogP contribution is -2.15. The Labute approximate surface area is 183 Å². The minimum absolute atomic E-state index is 0.0243. The first-order chi connectivity index (χ1) is 15.8. The smallest absolute Gasteiger partial charge is 0.287 e. The average molecular weight is 451 g/mol. The predicted molar refractivity (Wildman–Crippen MR) is 113 cm³/mol. The Balaban J connectivity index is 1.63. The van der Waals surface area contributed by atoms with Gasteiger partial charge in [-0.1, -0.05) is 0 Å². The van der Waals surface area contributed by atoms with Gasteiger partial charge in [0.05, 0.1) is 34.3 Å². The maximum atomic E-state index is 13.9. The van der Waals surface area contributed by atoms with Gasteiger partial charge in [0.2, 0.25) is 5.43 Å². The van der Waals surface area contributed by atoms with Crippen molar-refractivity contribution in [2.24, 2.45) is 0 Å². The molecule has 0 N–H and O–H groups in total. The molecule has 10 heteroatoms. The van der Waals surface area contributed by atoms with Crippen molar-refractivity contribution in [1.82, 2.24) is 24.5 Å². The van der Waals surface area contributed by atoms with Crippen molar-refractivity contribution in [3.63, 3.8) is 0 Å². The molecule has 0 saturated heterocycles. The third kappa shape index (κ3) is 3.75. The van der Waals surface area contributed by atoms with Crippen LogP contribution in [0, 0.1) is 5.82 Å². The number of pyridine rings is 1. The second-order valence-corrected chi connectivity index (χ2v) is 7.14. The van der Waals surface area contributed by atoms with Crippen molar-refractivity contribution in [2.75, 3.05) is 0 Å². The third-order valence-electron chi connectivity index (χ3n) is 5.06. The Hall–Kier alpha value is -4.34. The second-order valence-electron chi connectivity index (χ2n) is 7.14. The average Bonchev–Trinajstić information content (AvgIpc) is 3.28. The topological polar surface area (TPSA) is 65.6 Å². The van der Waals surface area contributed by atoms with Gasteiger partial charge < -0.3 is 0 Å². The number of hydrogen-bond donors (Lipinski definition) is 0. The molecule has 0 spiro atoms. The van der Waals surface area contributed by atoms with Crippen LogP contribution in [0.25, 0.3) is 33.7 Å². The quantitative estimate of drug-likeness (QED) is 0.370. The molecule has 33 heavy (non-hydrogen) atoms. The van der Waals surface area contributed by atoms with Crippen LogP contribution >= 0.6 is 0 Å². The number of halogens is 4. The first-order valence-corrected chi connectivity index (χ1v) is 9.68. The Morgan fingerprint density at radius 3 is 2.42 bits per heavy atom. The highest BCUT2D eigenvalue weighted by Crippen LogP contribution is 2.30. The zero-order valence-electron chi connectivity index (χ0n) is 16.7. The van der Waals surface area contributed by atoms with E-state index in [9.17, 15) is 22.4 Å². The second kappa shape index (κ2) is 7.66.